The first-order valence-electron chi connectivity index (χ1n) is 10.5. The molecule has 0 amide bonds. The number of aliphatic hydroxyl groups is 1. The molecule has 2 aliphatic rings. The van der Waals surface area contributed by atoms with E-state index in [0.717, 1.165) is 56.1 Å². The third kappa shape index (κ3) is 4.78. The molecule has 0 aromatic carbocycles. The van der Waals surface area contributed by atoms with Gasteiger partial charge in [0.05, 0.1) is 11.0 Å². The zero-order valence-corrected chi connectivity index (χ0v) is 17.2. The number of Topliss-reactive ketones (excluding diaryl/α,β-unsaturated/α-hetero) is 1. The lowest BCUT2D eigenvalue weighted by Gasteiger charge is -2.45. The van der Waals surface area contributed by atoms with E-state index < -0.39 is 0 Å². The van der Waals surface area contributed by atoms with Crippen LogP contribution in [0.1, 0.15) is 79.3 Å². The van der Waals surface area contributed by atoms with Crippen LogP contribution < -0.4 is 0 Å². The van der Waals surface area contributed by atoms with Gasteiger partial charge in [-0.15, -0.1) is 11.3 Å². The molecule has 1 aromatic heterocycles. The summed E-state index contributed by atoms with van der Waals surface area (Å²) in [5.74, 6) is 0.823. The van der Waals surface area contributed by atoms with E-state index in [-0.39, 0.29) is 17.4 Å². The highest BCUT2D eigenvalue weighted by Crippen LogP contribution is 2.47. The van der Waals surface area contributed by atoms with Gasteiger partial charge in [-0.25, -0.2) is 0 Å². The van der Waals surface area contributed by atoms with Gasteiger partial charge in [-0.3, -0.25) is 9.59 Å². The maximum atomic E-state index is 12.3. The largest absolute Gasteiger partial charge is 0.392 e. The van der Waals surface area contributed by atoms with Gasteiger partial charge in [0.2, 0.25) is 0 Å². The Balaban J connectivity index is 1.47. The van der Waals surface area contributed by atoms with Crippen LogP contribution in [0.15, 0.2) is 24.3 Å². The zero-order valence-electron chi connectivity index (χ0n) is 16.4. The van der Waals surface area contributed by atoms with Crippen LogP contribution in [0.25, 0.3) is 0 Å². The van der Waals surface area contributed by atoms with Crippen LogP contribution >= 0.6 is 11.3 Å². The van der Waals surface area contributed by atoms with Crippen molar-refractivity contribution in [2.45, 2.75) is 77.2 Å². The Bertz CT molecular complexity index is 665. The first kappa shape index (κ1) is 20.5. The third-order valence-electron chi connectivity index (χ3n) is 6.90. The van der Waals surface area contributed by atoms with Gasteiger partial charge >= 0.3 is 0 Å². The van der Waals surface area contributed by atoms with Crippen molar-refractivity contribution in [3.05, 3.63) is 34.0 Å². The van der Waals surface area contributed by atoms with Crippen molar-refractivity contribution in [3.63, 3.8) is 0 Å². The molecule has 0 spiro atoms. The first-order chi connectivity index (χ1) is 13.1. The molecule has 3 rings (SSSR count). The van der Waals surface area contributed by atoms with Crippen LogP contribution in [0.5, 0.6) is 0 Å². The number of thiophene rings is 1. The van der Waals surface area contributed by atoms with Crippen LogP contribution in [0.3, 0.4) is 0 Å². The SMILES string of the molecule is CCC1(C(O)C/C=C/C2C(=O)CC[C@@H]2CCCc2ccc(C=O)s2)CCC1. The molecule has 1 heterocycles. The predicted octanol–water partition coefficient (Wildman–Crippen LogP) is 5.37. The van der Waals surface area contributed by atoms with Crippen molar-refractivity contribution >= 4 is 23.4 Å². The van der Waals surface area contributed by atoms with Gasteiger partial charge < -0.3 is 5.11 Å². The average Bonchev–Trinajstić information content (AvgIpc) is 3.22. The summed E-state index contributed by atoms with van der Waals surface area (Å²) < 4.78 is 0. The van der Waals surface area contributed by atoms with Crippen molar-refractivity contribution in [2.75, 3.05) is 0 Å². The second kappa shape index (κ2) is 9.29. The Morgan fingerprint density at radius 2 is 2.19 bits per heavy atom. The van der Waals surface area contributed by atoms with Crippen LogP contribution in [0.4, 0.5) is 0 Å². The number of aliphatic hydroxyl groups excluding tert-OH is 1. The van der Waals surface area contributed by atoms with Crippen LogP contribution in [-0.2, 0) is 11.2 Å². The van der Waals surface area contributed by atoms with Gasteiger partial charge in [-0.2, -0.15) is 0 Å². The number of allylic oxidation sites excluding steroid dienone is 1. The van der Waals surface area contributed by atoms with Crippen LogP contribution in [0.2, 0.25) is 0 Å². The molecule has 4 heteroatoms. The van der Waals surface area contributed by atoms with Gasteiger partial charge in [-0.1, -0.05) is 25.5 Å². The molecule has 1 aromatic rings. The summed E-state index contributed by atoms with van der Waals surface area (Å²) in [6, 6.07) is 3.92. The topological polar surface area (TPSA) is 54.4 Å². The molecule has 2 aliphatic carbocycles. The van der Waals surface area contributed by atoms with Gasteiger partial charge in [0.15, 0.2) is 6.29 Å². The number of hydrogen-bond donors (Lipinski definition) is 1. The molecule has 27 heavy (non-hydrogen) atoms. The second-order valence-electron chi connectivity index (χ2n) is 8.35. The summed E-state index contributed by atoms with van der Waals surface area (Å²) in [7, 11) is 0. The highest BCUT2D eigenvalue weighted by molar-refractivity contribution is 7.13. The number of aldehydes is 1. The van der Waals surface area contributed by atoms with Crippen molar-refractivity contribution < 1.29 is 14.7 Å². The van der Waals surface area contributed by atoms with E-state index in [1.807, 2.05) is 12.1 Å². The molecule has 0 saturated heterocycles. The molecule has 3 nitrogen and oxygen atoms in total. The standard InChI is InChI=1S/C23H32O3S/c1-2-23(14-5-15-23)22(26)9-4-8-20-17(10-13-21(20)25)6-3-7-18-11-12-19(16-24)27-18/h4,8,11-12,16-17,20,22,26H,2-3,5-7,9-10,13-15H2,1H3/b8-4+/t17-,20?,22?/m0/s1. The Hall–Kier alpha value is -1.26. The van der Waals surface area contributed by atoms with Crippen molar-refractivity contribution in [1.82, 2.24) is 0 Å². The lowest BCUT2D eigenvalue weighted by Crippen LogP contribution is -2.40. The zero-order chi connectivity index (χ0) is 19.3. The lowest BCUT2D eigenvalue weighted by molar-refractivity contribution is -0.119. The highest BCUT2D eigenvalue weighted by Gasteiger charge is 2.41. The number of rotatable bonds is 10. The molecule has 1 N–H and O–H groups in total. The Morgan fingerprint density at radius 3 is 2.81 bits per heavy atom. The maximum absolute atomic E-state index is 12.3. The molecule has 3 atom stereocenters. The molecule has 0 bridgehead atoms. The van der Waals surface area contributed by atoms with E-state index in [1.165, 1.54) is 11.3 Å². The van der Waals surface area contributed by atoms with Crippen molar-refractivity contribution in [1.29, 1.82) is 0 Å². The van der Waals surface area contributed by atoms with Crippen molar-refractivity contribution in [3.8, 4) is 0 Å². The van der Waals surface area contributed by atoms with Gasteiger partial charge in [0.25, 0.3) is 0 Å². The Kier molecular flexibility index (Phi) is 7.04. The smallest absolute Gasteiger partial charge is 0.160 e. The molecule has 2 unspecified atom stereocenters. The molecule has 2 saturated carbocycles. The predicted molar refractivity (Wildman–Crippen MR) is 110 cm³/mol. The number of ketones is 1. The number of carbonyl (C=O) groups excluding carboxylic acids is 2. The van der Waals surface area contributed by atoms with Crippen molar-refractivity contribution in [2.24, 2.45) is 17.3 Å². The molecule has 0 aliphatic heterocycles. The fraction of sp³-hybridized carbons (Fsp3) is 0.652. The Morgan fingerprint density at radius 1 is 1.37 bits per heavy atom. The third-order valence-corrected chi connectivity index (χ3v) is 7.97. The number of hydrogen-bond acceptors (Lipinski definition) is 4. The monoisotopic (exact) mass is 388 g/mol. The van der Waals surface area contributed by atoms with E-state index in [9.17, 15) is 14.7 Å². The molecule has 148 valence electrons. The minimum absolute atomic E-state index is 0.0324. The first-order valence-corrected chi connectivity index (χ1v) is 11.3. The summed E-state index contributed by atoms with van der Waals surface area (Å²) in [4.78, 5) is 25.1. The molecular weight excluding hydrogens is 356 g/mol. The van der Waals surface area contributed by atoms with Crippen LogP contribution in [-0.4, -0.2) is 23.3 Å². The van der Waals surface area contributed by atoms with Gasteiger partial charge in [0.1, 0.15) is 5.78 Å². The molecule has 2 fully saturated rings. The molecule has 0 radical (unpaired) electrons. The summed E-state index contributed by atoms with van der Waals surface area (Å²) >= 11 is 1.57. The van der Waals surface area contributed by atoms with E-state index in [2.05, 4.69) is 19.1 Å². The summed E-state index contributed by atoms with van der Waals surface area (Å²) in [6.45, 7) is 2.17. The maximum Gasteiger partial charge on any atom is 0.160 e. The lowest BCUT2D eigenvalue weighted by atomic mass is 9.63. The van der Waals surface area contributed by atoms with E-state index in [4.69, 9.17) is 0 Å². The van der Waals surface area contributed by atoms with Gasteiger partial charge in [0, 0.05) is 17.2 Å². The van der Waals surface area contributed by atoms with E-state index >= 15 is 0 Å². The summed E-state index contributed by atoms with van der Waals surface area (Å²) in [5.41, 5.74) is 0.129. The van der Waals surface area contributed by atoms with E-state index in [0.29, 0.717) is 24.5 Å². The summed E-state index contributed by atoms with van der Waals surface area (Å²) in [6.07, 6.45) is 14.8. The fourth-order valence-electron chi connectivity index (χ4n) is 4.81. The highest BCUT2D eigenvalue weighted by atomic mass is 32.1. The summed E-state index contributed by atoms with van der Waals surface area (Å²) in [5, 5.41) is 10.6. The number of carbonyl (C=O) groups is 2. The second-order valence-corrected chi connectivity index (χ2v) is 9.55. The quantitative estimate of drug-likeness (QED) is 0.433. The fourth-order valence-corrected chi connectivity index (χ4v) is 5.68. The normalized spacial score (nSPS) is 25.6. The van der Waals surface area contributed by atoms with E-state index in [1.54, 1.807) is 11.3 Å². The molecular formula is C23H32O3S. The number of aryl methyl sites for hydroxylation is 1. The average molecular weight is 389 g/mol. The van der Waals surface area contributed by atoms with Gasteiger partial charge in [-0.05, 0) is 74.8 Å². The van der Waals surface area contributed by atoms with Crippen LogP contribution in [0, 0.1) is 17.3 Å². The Labute approximate surface area is 166 Å². The minimum Gasteiger partial charge on any atom is -0.392 e. The minimum atomic E-state index is -0.270.